The molecule has 0 radical (unpaired) electrons. The van der Waals surface area contributed by atoms with Gasteiger partial charge in [0, 0.05) is 0 Å². The number of fused-ring (bicyclic) bond motifs is 12. The van der Waals surface area contributed by atoms with Crippen LogP contribution in [0.1, 0.15) is 6.42 Å². The Morgan fingerprint density at radius 3 is 1.83 bits per heavy atom. The first-order valence-corrected chi connectivity index (χ1v) is 8.12. The number of allylic oxidation sites excluding steroid dienone is 2. The van der Waals surface area contributed by atoms with Crippen LogP contribution in [-0.4, -0.2) is 27.3 Å². The summed E-state index contributed by atoms with van der Waals surface area (Å²) in [4.78, 5) is -1.58. The summed E-state index contributed by atoms with van der Waals surface area (Å²) in [5, 5.41) is 0.504. The number of epoxide rings is 1. The predicted molar refractivity (Wildman–Crippen MR) is 72.8 cm³/mol. The second kappa shape index (κ2) is 3.00. The zero-order chi connectivity index (χ0) is 12.6. The lowest BCUT2D eigenvalue weighted by Gasteiger charge is -2.38. The van der Waals surface area contributed by atoms with E-state index >= 15 is 0 Å². The fraction of sp³-hybridized carbons (Fsp3) is 0.833. The monoisotopic (exact) mass is 344 g/mol. The van der Waals surface area contributed by atoms with Crippen LogP contribution in [0.4, 0.5) is 0 Å². The van der Waals surface area contributed by atoms with Gasteiger partial charge in [0.15, 0.2) is 0 Å². The topological polar surface area (TPSA) is 12.5 Å². The Balaban J connectivity index is 1.77. The van der Waals surface area contributed by atoms with Crippen LogP contribution in [0.5, 0.6) is 0 Å². The van der Waals surface area contributed by atoms with Crippen molar-refractivity contribution in [2.24, 2.45) is 23.7 Å². The maximum Gasteiger partial charge on any atom is 0.103 e. The molecule has 18 heavy (non-hydrogen) atoms. The molecule has 6 heteroatoms. The summed E-state index contributed by atoms with van der Waals surface area (Å²) in [6.07, 6.45) is 1.85. The molecule has 0 spiro atoms. The minimum absolute atomic E-state index is 0.211. The molecule has 0 amide bonds. The van der Waals surface area contributed by atoms with Crippen molar-refractivity contribution in [3.63, 3.8) is 0 Å². The molecule has 98 valence electrons. The van der Waals surface area contributed by atoms with Gasteiger partial charge in [-0.2, -0.15) is 0 Å². The molecule has 1 saturated heterocycles. The van der Waals surface area contributed by atoms with Gasteiger partial charge in [-0.15, -0.1) is 34.8 Å². The van der Waals surface area contributed by atoms with Crippen LogP contribution in [0.3, 0.4) is 0 Å². The lowest BCUT2D eigenvalue weighted by molar-refractivity contribution is 0.239. The van der Waals surface area contributed by atoms with Crippen molar-refractivity contribution < 1.29 is 4.74 Å². The minimum atomic E-state index is -0.789. The highest BCUT2D eigenvalue weighted by Gasteiger charge is 2.84. The van der Waals surface area contributed by atoms with Gasteiger partial charge in [0.2, 0.25) is 0 Å². The van der Waals surface area contributed by atoms with E-state index in [-0.39, 0.29) is 11.8 Å². The molecule has 0 N–H and O–H groups in total. The smallest absolute Gasteiger partial charge is 0.103 e. The Morgan fingerprint density at radius 2 is 1.39 bits per heavy atom. The Bertz CT molecular complexity index is 479. The van der Waals surface area contributed by atoms with E-state index in [0.29, 0.717) is 34.1 Å². The molecule has 0 aromatic rings. The van der Waals surface area contributed by atoms with Gasteiger partial charge in [-0.25, -0.2) is 0 Å². The Kier molecular flexibility index (Phi) is 1.96. The summed E-state index contributed by atoms with van der Waals surface area (Å²) in [5.74, 6) is 1.32. The van der Waals surface area contributed by atoms with Gasteiger partial charge in [-0.05, 0) is 30.1 Å². The maximum atomic E-state index is 6.81. The van der Waals surface area contributed by atoms with Gasteiger partial charge in [0.05, 0.1) is 27.6 Å². The molecule has 1 nitrogen and oxygen atoms in total. The normalized spacial score (nSPS) is 70.8. The summed E-state index contributed by atoms with van der Waals surface area (Å²) < 4.78 is 5.73. The minimum Gasteiger partial charge on any atom is -0.369 e. The van der Waals surface area contributed by atoms with Crippen molar-refractivity contribution in [3.8, 4) is 0 Å². The summed E-state index contributed by atoms with van der Waals surface area (Å²) in [6.45, 7) is 0. The SMILES string of the molecule is ClC1=C(Cl)[C@]2(Cl)C(Cl)[C@@]1(Cl)[C@@H]1[C@@H]3C[C@@H]([C@H]4O[C@@H]34)[C@@H]12. The third kappa shape index (κ3) is 0.884. The largest absolute Gasteiger partial charge is 0.369 e. The van der Waals surface area contributed by atoms with E-state index in [0.717, 1.165) is 6.42 Å². The zero-order valence-corrected chi connectivity index (χ0v) is 12.8. The van der Waals surface area contributed by atoms with Gasteiger partial charge in [0.25, 0.3) is 0 Å². The molecule has 0 aromatic heterocycles. The van der Waals surface area contributed by atoms with Crippen LogP contribution in [0.15, 0.2) is 10.1 Å². The van der Waals surface area contributed by atoms with Gasteiger partial charge in [0.1, 0.15) is 9.75 Å². The first kappa shape index (κ1) is 11.8. The summed E-state index contributed by atoms with van der Waals surface area (Å²) in [7, 11) is 0. The average molecular weight is 346 g/mol. The highest BCUT2D eigenvalue weighted by Crippen LogP contribution is 2.79. The van der Waals surface area contributed by atoms with Gasteiger partial charge in [-0.1, -0.05) is 23.2 Å². The van der Waals surface area contributed by atoms with Crippen LogP contribution in [0.25, 0.3) is 0 Å². The molecule has 3 saturated carbocycles. The fourth-order valence-electron chi connectivity index (χ4n) is 5.28. The quantitative estimate of drug-likeness (QED) is 0.368. The lowest BCUT2D eigenvalue weighted by atomic mass is 9.73. The molecule has 4 fully saturated rings. The first-order valence-electron chi connectivity index (χ1n) is 6.17. The predicted octanol–water partition coefficient (Wildman–Crippen LogP) is 3.91. The van der Waals surface area contributed by atoms with Crippen LogP contribution < -0.4 is 0 Å². The Morgan fingerprint density at radius 1 is 0.944 bits per heavy atom. The highest BCUT2D eigenvalue weighted by molar-refractivity contribution is 6.55. The van der Waals surface area contributed by atoms with Gasteiger partial charge < -0.3 is 4.74 Å². The average Bonchev–Trinajstić information content (AvgIpc) is 2.88. The summed E-state index contributed by atoms with van der Waals surface area (Å²) >= 11 is 32.9. The zero-order valence-electron chi connectivity index (χ0n) is 9.05. The maximum absolute atomic E-state index is 6.81. The molecule has 5 rings (SSSR count). The molecule has 5 aliphatic rings. The van der Waals surface area contributed by atoms with E-state index in [1.807, 2.05) is 0 Å². The van der Waals surface area contributed by atoms with E-state index in [2.05, 4.69) is 0 Å². The van der Waals surface area contributed by atoms with Crippen LogP contribution in [0, 0.1) is 23.7 Å². The van der Waals surface area contributed by atoms with Crippen molar-refractivity contribution in [2.45, 2.75) is 33.8 Å². The van der Waals surface area contributed by atoms with Crippen molar-refractivity contribution >= 4 is 58.0 Å². The summed E-state index contributed by atoms with van der Waals surface area (Å²) in [6, 6.07) is 0. The summed E-state index contributed by atoms with van der Waals surface area (Å²) in [5.41, 5.74) is 0. The molecular formula is C12H9Cl5O. The van der Waals surface area contributed by atoms with Crippen molar-refractivity contribution in [1.82, 2.24) is 0 Å². The number of ether oxygens (including phenoxy) is 1. The molecular weight excluding hydrogens is 337 g/mol. The molecule has 1 unspecified atom stereocenters. The molecule has 4 bridgehead atoms. The standard InChI is InChI=1S/C12H9Cl5O/c13-8-9(14)12(17)5-3-1-2(6-7(3)18-6)4(5)11(8,16)10(12)15/h2-7,10H,1H2/t2-,3+,4+,5-,6-,7+,10?,11+,12-. The number of halogens is 5. The van der Waals surface area contributed by atoms with Crippen molar-refractivity contribution in [2.75, 3.05) is 0 Å². The lowest BCUT2D eigenvalue weighted by Crippen LogP contribution is -2.42. The van der Waals surface area contributed by atoms with E-state index in [1.54, 1.807) is 0 Å². The van der Waals surface area contributed by atoms with E-state index in [9.17, 15) is 0 Å². The number of hydrogen-bond donors (Lipinski definition) is 0. The Hall–Kier alpha value is 1.15. The molecule has 4 aliphatic carbocycles. The number of alkyl halides is 3. The fourth-order valence-corrected chi connectivity index (χ4v) is 7.97. The third-order valence-corrected chi connectivity index (χ3v) is 9.36. The number of hydrogen-bond acceptors (Lipinski definition) is 1. The second-order valence-corrected chi connectivity index (χ2v) is 8.65. The van der Waals surface area contributed by atoms with Crippen molar-refractivity contribution in [3.05, 3.63) is 10.1 Å². The third-order valence-electron chi connectivity index (χ3n) is 5.83. The van der Waals surface area contributed by atoms with E-state index in [4.69, 9.17) is 62.7 Å². The second-order valence-electron chi connectivity index (χ2n) is 6.21. The molecule has 1 aliphatic heterocycles. The van der Waals surface area contributed by atoms with Crippen LogP contribution in [0.2, 0.25) is 0 Å². The van der Waals surface area contributed by atoms with Gasteiger partial charge >= 0.3 is 0 Å². The molecule has 9 atom stereocenters. The highest BCUT2D eigenvalue weighted by atomic mass is 35.5. The molecule has 0 aromatic carbocycles. The van der Waals surface area contributed by atoms with Crippen LogP contribution >= 0.6 is 58.0 Å². The Labute approximate surface area is 130 Å². The number of rotatable bonds is 0. The van der Waals surface area contributed by atoms with E-state index < -0.39 is 15.1 Å². The molecule has 1 heterocycles. The van der Waals surface area contributed by atoms with Gasteiger partial charge in [-0.3, -0.25) is 0 Å². The van der Waals surface area contributed by atoms with Crippen molar-refractivity contribution in [1.29, 1.82) is 0 Å². The van der Waals surface area contributed by atoms with E-state index in [1.165, 1.54) is 0 Å². The first-order chi connectivity index (χ1) is 8.43. The van der Waals surface area contributed by atoms with Crippen LogP contribution in [-0.2, 0) is 4.74 Å².